The van der Waals surface area contributed by atoms with E-state index in [1.165, 1.54) is 18.5 Å². The number of fused-ring (bicyclic) bond motifs is 2. The van der Waals surface area contributed by atoms with E-state index in [2.05, 4.69) is 43.4 Å². The van der Waals surface area contributed by atoms with Crippen LogP contribution in [0, 0.1) is 5.82 Å². The number of rotatable bonds is 6. The molecule has 0 fully saturated rings. The quantitative estimate of drug-likeness (QED) is 0.359. The van der Waals surface area contributed by atoms with Crippen molar-refractivity contribution in [1.82, 2.24) is 25.5 Å². The molecule has 3 N–H and O–H groups in total. The third-order valence-electron chi connectivity index (χ3n) is 5.46. The highest BCUT2D eigenvalue weighted by molar-refractivity contribution is 6.30. The minimum atomic E-state index is -0.513. The predicted molar refractivity (Wildman–Crippen MR) is 126 cm³/mol. The molecular weight excluding hydrogens is 459 g/mol. The van der Waals surface area contributed by atoms with E-state index >= 15 is 0 Å². The van der Waals surface area contributed by atoms with Gasteiger partial charge < -0.3 is 15.4 Å². The van der Waals surface area contributed by atoms with Crippen LogP contribution in [-0.2, 0) is 19.5 Å². The number of hydrogen-bond donors (Lipinski definition) is 3. The maximum absolute atomic E-state index is 13.3. The van der Waals surface area contributed by atoms with Crippen LogP contribution in [0.1, 0.15) is 27.2 Å². The molecule has 2 aromatic heterocycles. The SMILES string of the molecule is C=C1COc2ccc(CNc3n[nH]c4c(C(=O)NCc5ccc(F)c(Cl)c5)ncnc34)cc2C1. The van der Waals surface area contributed by atoms with Crippen molar-refractivity contribution in [2.45, 2.75) is 19.5 Å². The molecule has 0 radical (unpaired) electrons. The number of aromatic nitrogens is 4. The lowest BCUT2D eigenvalue weighted by molar-refractivity contribution is 0.0947. The van der Waals surface area contributed by atoms with Crippen LogP contribution in [0.3, 0.4) is 0 Å². The van der Waals surface area contributed by atoms with E-state index in [0.717, 1.165) is 28.9 Å². The second kappa shape index (κ2) is 9.11. The Hall–Kier alpha value is -3.98. The summed E-state index contributed by atoms with van der Waals surface area (Å²) >= 11 is 5.80. The molecule has 10 heteroatoms. The summed E-state index contributed by atoms with van der Waals surface area (Å²) in [6.07, 6.45) is 2.11. The molecule has 0 spiro atoms. The van der Waals surface area contributed by atoms with Crippen LogP contribution in [0.2, 0.25) is 5.02 Å². The molecule has 34 heavy (non-hydrogen) atoms. The Kier molecular flexibility index (Phi) is 5.85. The van der Waals surface area contributed by atoms with Gasteiger partial charge in [-0.3, -0.25) is 9.89 Å². The van der Waals surface area contributed by atoms with Gasteiger partial charge in [0, 0.05) is 19.5 Å². The second-order valence-corrected chi connectivity index (χ2v) is 8.37. The van der Waals surface area contributed by atoms with Gasteiger partial charge in [0.25, 0.3) is 5.91 Å². The van der Waals surface area contributed by atoms with Crippen LogP contribution in [0.25, 0.3) is 11.0 Å². The number of amides is 1. The molecule has 3 heterocycles. The Bertz CT molecular complexity index is 1420. The van der Waals surface area contributed by atoms with Crippen LogP contribution in [-0.4, -0.2) is 32.7 Å². The standard InChI is InChI=1S/C24H20ClFN6O2/c1-13-6-16-7-14(3-5-19(16)34-11-13)9-27-23-21-20(31-32-23)22(30-12-29-21)24(33)28-10-15-2-4-18(26)17(25)8-15/h2-5,7-8,12H,1,6,9-11H2,(H,28,33)(H2,27,31,32). The predicted octanol–water partition coefficient (Wildman–Crippen LogP) is 4.18. The molecule has 0 atom stereocenters. The number of carbonyl (C=O) groups is 1. The van der Waals surface area contributed by atoms with E-state index in [0.29, 0.717) is 35.6 Å². The normalized spacial score (nSPS) is 12.8. The Morgan fingerprint density at radius 2 is 2.00 bits per heavy atom. The largest absolute Gasteiger partial charge is 0.489 e. The Labute approximate surface area is 199 Å². The fraction of sp³-hybridized carbons (Fsp3) is 0.167. The number of anilines is 1. The number of benzene rings is 2. The van der Waals surface area contributed by atoms with Crippen molar-refractivity contribution < 1.29 is 13.9 Å². The van der Waals surface area contributed by atoms with Gasteiger partial charge in [-0.2, -0.15) is 5.10 Å². The topological polar surface area (TPSA) is 105 Å². The van der Waals surface area contributed by atoms with Crippen LogP contribution < -0.4 is 15.4 Å². The van der Waals surface area contributed by atoms with E-state index in [4.69, 9.17) is 16.3 Å². The molecule has 1 amide bonds. The summed E-state index contributed by atoms with van der Waals surface area (Å²) in [5.41, 5.74) is 4.93. The maximum Gasteiger partial charge on any atom is 0.272 e. The number of nitrogens with zero attached hydrogens (tertiary/aromatic N) is 3. The molecule has 8 nitrogen and oxygen atoms in total. The van der Waals surface area contributed by atoms with Crippen LogP contribution in [0.5, 0.6) is 5.75 Å². The molecule has 0 saturated heterocycles. The van der Waals surface area contributed by atoms with E-state index < -0.39 is 11.7 Å². The van der Waals surface area contributed by atoms with Gasteiger partial charge >= 0.3 is 0 Å². The number of nitrogens with one attached hydrogen (secondary N) is 3. The summed E-state index contributed by atoms with van der Waals surface area (Å²) < 4.78 is 19.0. The highest BCUT2D eigenvalue weighted by atomic mass is 35.5. The first-order chi connectivity index (χ1) is 16.5. The van der Waals surface area contributed by atoms with Gasteiger partial charge in [-0.25, -0.2) is 14.4 Å². The van der Waals surface area contributed by atoms with Gasteiger partial charge in [-0.05, 0) is 40.5 Å². The number of halogens is 2. The lowest BCUT2D eigenvalue weighted by atomic mass is 10.0. The van der Waals surface area contributed by atoms with Crippen LogP contribution in [0.4, 0.5) is 10.2 Å². The van der Waals surface area contributed by atoms with Crippen molar-refractivity contribution in [1.29, 1.82) is 0 Å². The average molecular weight is 479 g/mol. The summed E-state index contributed by atoms with van der Waals surface area (Å²) in [6, 6.07) is 10.3. The molecule has 0 aliphatic carbocycles. The number of ether oxygens (including phenoxy) is 1. The van der Waals surface area contributed by atoms with E-state index in [1.807, 2.05) is 12.1 Å². The smallest absolute Gasteiger partial charge is 0.272 e. The molecule has 1 aliphatic heterocycles. The van der Waals surface area contributed by atoms with Crippen LogP contribution in [0.15, 0.2) is 54.9 Å². The third-order valence-corrected chi connectivity index (χ3v) is 5.75. The van der Waals surface area contributed by atoms with Gasteiger partial charge in [-0.1, -0.05) is 36.4 Å². The van der Waals surface area contributed by atoms with Crippen molar-refractivity contribution in [3.05, 3.63) is 88.1 Å². The molecule has 0 unspecified atom stereocenters. The van der Waals surface area contributed by atoms with Gasteiger partial charge in [0.15, 0.2) is 11.5 Å². The zero-order chi connectivity index (χ0) is 23.7. The molecule has 4 aromatic rings. The van der Waals surface area contributed by atoms with E-state index in [1.54, 1.807) is 6.07 Å². The van der Waals surface area contributed by atoms with Crippen molar-refractivity contribution in [3.63, 3.8) is 0 Å². The number of carbonyl (C=O) groups excluding carboxylic acids is 1. The van der Waals surface area contributed by atoms with Gasteiger partial charge in [0.1, 0.15) is 35.5 Å². The highest BCUT2D eigenvalue weighted by Crippen LogP contribution is 2.28. The summed E-state index contributed by atoms with van der Waals surface area (Å²) in [7, 11) is 0. The Balaban J connectivity index is 1.29. The molecule has 2 aromatic carbocycles. The zero-order valence-electron chi connectivity index (χ0n) is 18.0. The summed E-state index contributed by atoms with van der Waals surface area (Å²) in [5, 5.41) is 13.1. The number of hydrogen-bond acceptors (Lipinski definition) is 6. The summed E-state index contributed by atoms with van der Waals surface area (Å²) in [5.74, 6) is 0.460. The molecular formula is C24H20ClFN6O2. The average Bonchev–Trinajstić information content (AvgIpc) is 3.26. The first-order valence-corrected chi connectivity index (χ1v) is 10.9. The van der Waals surface area contributed by atoms with Crippen molar-refractivity contribution >= 4 is 34.4 Å². The Morgan fingerprint density at radius 1 is 1.18 bits per heavy atom. The molecule has 1 aliphatic rings. The van der Waals surface area contributed by atoms with Crippen molar-refractivity contribution in [2.75, 3.05) is 11.9 Å². The maximum atomic E-state index is 13.3. The molecule has 172 valence electrons. The minimum Gasteiger partial charge on any atom is -0.489 e. The Morgan fingerprint density at radius 3 is 2.85 bits per heavy atom. The molecule has 0 bridgehead atoms. The van der Waals surface area contributed by atoms with Gasteiger partial charge in [-0.15, -0.1) is 0 Å². The summed E-state index contributed by atoms with van der Waals surface area (Å²) in [6.45, 7) is 5.23. The first kappa shape index (κ1) is 21.8. The molecule has 5 rings (SSSR count). The van der Waals surface area contributed by atoms with E-state index in [9.17, 15) is 9.18 Å². The summed E-state index contributed by atoms with van der Waals surface area (Å²) in [4.78, 5) is 21.1. The number of H-pyrrole nitrogens is 1. The fourth-order valence-electron chi connectivity index (χ4n) is 3.75. The fourth-order valence-corrected chi connectivity index (χ4v) is 3.96. The van der Waals surface area contributed by atoms with E-state index in [-0.39, 0.29) is 17.3 Å². The third kappa shape index (κ3) is 4.42. The van der Waals surface area contributed by atoms with Gasteiger partial charge in [0.05, 0.1) is 5.02 Å². The lowest BCUT2D eigenvalue weighted by Gasteiger charge is -2.19. The van der Waals surface area contributed by atoms with Crippen molar-refractivity contribution in [2.24, 2.45) is 0 Å². The minimum absolute atomic E-state index is 0.00292. The second-order valence-electron chi connectivity index (χ2n) is 7.96. The monoisotopic (exact) mass is 478 g/mol. The van der Waals surface area contributed by atoms with Gasteiger partial charge in [0.2, 0.25) is 0 Å². The zero-order valence-corrected chi connectivity index (χ0v) is 18.7. The van der Waals surface area contributed by atoms with Crippen LogP contribution >= 0.6 is 11.6 Å². The highest BCUT2D eigenvalue weighted by Gasteiger charge is 2.18. The number of aromatic amines is 1. The van der Waals surface area contributed by atoms with Crippen molar-refractivity contribution in [3.8, 4) is 5.75 Å². The first-order valence-electron chi connectivity index (χ1n) is 10.5. The lowest BCUT2D eigenvalue weighted by Crippen LogP contribution is -2.24. The molecule has 0 saturated carbocycles.